The van der Waals surface area contributed by atoms with Crippen molar-refractivity contribution >= 4 is 29.7 Å². The number of hydrogen-bond acceptors (Lipinski definition) is 5. The number of esters is 1. The summed E-state index contributed by atoms with van der Waals surface area (Å²) in [7, 11) is 1.56. The second-order valence-corrected chi connectivity index (χ2v) is 6.27. The minimum absolute atomic E-state index is 0.293. The summed E-state index contributed by atoms with van der Waals surface area (Å²) in [5.41, 5.74) is 3.92. The van der Waals surface area contributed by atoms with Crippen LogP contribution >= 0.6 is 11.6 Å². The molecule has 1 amide bonds. The Bertz CT molecular complexity index is 1030. The number of hydrazone groups is 1. The van der Waals surface area contributed by atoms with E-state index in [0.717, 1.165) is 5.56 Å². The summed E-state index contributed by atoms with van der Waals surface area (Å²) in [4.78, 5) is 24.2. The number of amides is 1. The minimum Gasteiger partial charge on any atom is -0.497 e. The molecule has 0 radical (unpaired) electrons. The molecule has 146 valence electrons. The lowest BCUT2D eigenvalue weighted by atomic mass is 10.2. The highest BCUT2D eigenvalue weighted by Gasteiger charge is 2.12. The molecule has 0 fully saturated rings. The maximum absolute atomic E-state index is 12.2. The molecule has 0 unspecified atom stereocenters. The standard InChI is InChI=1S/C22H17ClN2O4/c1-28-17-12-8-16(9-13-17)21(26)25-24-14-15-6-10-18(11-7-15)29-22(27)19-4-2-3-5-20(19)23/h2-14H,1H3,(H,25,26). The highest BCUT2D eigenvalue weighted by Crippen LogP contribution is 2.19. The van der Waals surface area contributed by atoms with Crippen molar-refractivity contribution in [1.29, 1.82) is 0 Å². The molecule has 0 saturated heterocycles. The third kappa shape index (κ3) is 5.43. The maximum Gasteiger partial charge on any atom is 0.345 e. The number of methoxy groups -OCH3 is 1. The maximum atomic E-state index is 12.2. The molecule has 0 spiro atoms. The van der Waals surface area contributed by atoms with Gasteiger partial charge in [0.1, 0.15) is 11.5 Å². The second kappa shape index (κ2) is 9.52. The number of hydrogen-bond donors (Lipinski definition) is 1. The fraction of sp³-hybridized carbons (Fsp3) is 0.0455. The molecule has 0 bridgehead atoms. The number of halogens is 1. The van der Waals surface area contributed by atoms with Gasteiger partial charge in [0, 0.05) is 5.56 Å². The van der Waals surface area contributed by atoms with Gasteiger partial charge in [0.15, 0.2) is 0 Å². The first-order valence-corrected chi connectivity index (χ1v) is 8.99. The van der Waals surface area contributed by atoms with Crippen LogP contribution in [0.5, 0.6) is 11.5 Å². The van der Waals surface area contributed by atoms with Crippen molar-refractivity contribution in [2.24, 2.45) is 5.10 Å². The van der Waals surface area contributed by atoms with Crippen LogP contribution in [0, 0.1) is 0 Å². The summed E-state index contributed by atoms with van der Waals surface area (Å²) < 4.78 is 10.4. The normalized spacial score (nSPS) is 10.6. The van der Waals surface area contributed by atoms with Crippen molar-refractivity contribution < 1.29 is 19.1 Å². The molecule has 0 aliphatic carbocycles. The van der Waals surface area contributed by atoms with E-state index >= 15 is 0 Å². The highest BCUT2D eigenvalue weighted by atomic mass is 35.5. The zero-order valence-corrected chi connectivity index (χ0v) is 16.2. The first-order valence-electron chi connectivity index (χ1n) is 8.61. The number of nitrogens with one attached hydrogen (secondary N) is 1. The molecule has 0 aliphatic heterocycles. The van der Waals surface area contributed by atoms with Crippen LogP contribution in [0.2, 0.25) is 5.02 Å². The molecule has 0 atom stereocenters. The van der Waals surface area contributed by atoms with E-state index in [4.69, 9.17) is 21.1 Å². The minimum atomic E-state index is -0.538. The van der Waals surface area contributed by atoms with E-state index in [1.165, 1.54) is 6.21 Å². The molecule has 0 aliphatic rings. The summed E-state index contributed by atoms with van der Waals surface area (Å²) in [5, 5.41) is 4.26. The van der Waals surface area contributed by atoms with Crippen LogP contribution < -0.4 is 14.9 Å². The zero-order valence-electron chi connectivity index (χ0n) is 15.5. The van der Waals surface area contributed by atoms with E-state index in [1.807, 2.05) is 0 Å². The molecule has 0 aromatic heterocycles. The molecular formula is C22H17ClN2O4. The molecule has 1 N–H and O–H groups in total. The summed E-state index contributed by atoms with van der Waals surface area (Å²) in [6.45, 7) is 0. The Balaban J connectivity index is 1.56. The number of benzene rings is 3. The Kier molecular flexibility index (Phi) is 6.60. The van der Waals surface area contributed by atoms with Gasteiger partial charge in [-0.15, -0.1) is 0 Å². The average molecular weight is 409 g/mol. The first-order chi connectivity index (χ1) is 14.1. The van der Waals surface area contributed by atoms with Gasteiger partial charge in [0.2, 0.25) is 0 Å². The zero-order chi connectivity index (χ0) is 20.6. The Morgan fingerprint density at radius 3 is 2.24 bits per heavy atom. The number of carbonyl (C=O) groups excluding carboxylic acids is 2. The molecule has 3 rings (SSSR count). The lowest BCUT2D eigenvalue weighted by Gasteiger charge is -2.06. The van der Waals surface area contributed by atoms with E-state index in [0.29, 0.717) is 27.6 Å². The van der Waals surface area contributed by atoms with Crippen molar-refractivity contribution in [3.63, 3.8) is 0 Å². The Morgan fingerprint density at radius 1 is 0.931 bits per heavy atom. The summed E-state index contributed by atoms with van der Waals surface area (Å²) in [6, 6.07) is 20.0. The number of ether oxygens (including phenoxy) is 2. The van der Waals surface area contributed by atoms with Gasteiger partial charge in [-0.1, -0.05) is 23.7 Å². The molecule has 29 heavy (non-hydrogen) atoms. The Labute approximate surface area is 172 Å². The van der Waals surface area contributed by atoms with E-state index in [-0.39, 0.29) is 5.91 Å². The van der Waals surface area contributed by atoms with Crippen LogP contribution in [0.4, 0.5) is 0 Å². The molecule has 0 heterocycles. The molecule has 7 heteroatoms. The van der Waals surface area contributed by atoms with Crippen molar-refractivity contribution in [3.05, 3.63) is 94.5 Å². The van der Waals surface area contributed by atoms with Gasteiger partial charge >= 0.3 is 5.97 Å². The molecular weight excluding hydrogens is 392 g/mol. The quantitative estimate of drug-likeness (QED) is 0.285. The fourth-order valence-corrected chi connectivity index (χ4v) is 2.60. The predicted molar refractivity (Wildman–Crippen MR) is 111 cm³/mol. The summed E-state index contributed by atoms with van der Waals surface area (Å²) >= 11 is 5.99. The van der Waals surface area contributed by atoms with Gasteiger partial charge in [0.25, 0.3) is 5.91 Å². The van der Waals surface area contributed by atoms with Crippen LogP contribution in [0.3, 0.4) is 0 Å². The third-order valence-electron chi connectivity index (χ3n) is 3.92. The van der Waals surface area contributed by atoms with E-state index in [2.05, 4.69) is 10.5 Å². The lowest BCUT2D eigenvalue weighted by Crippen LogP contribution is -2.17. The third-order valence-corrected chi connectivity index (χ3v) is 4.25. The van der Waals surface area contributed by atoms with Crippen LogP contribution in [0.15, 0.2) is 77.9 Å². The number of nitrogens with zero attached hydrogens (tertiary/aromatic N) is 1. The summed E-state index contributed by atoms with van der Waals surface area (Å²) in [5.74, 6) is 0.160. The van der Waals surface area contributed by atoms with Gasteiger partial charge in [-0.05, 0) is 66.2 Å². The highest BCUT2D eigenvalue weighted by molar-refractivity contribution is 6.33. The van der Waals surface area contributed by atoms with Crippen LogP contribution in [0.25, 0.3) is 0 Å². The van der Waals surface area contributed by atoms with E-state index in [9.17, 15) is 9.59 Å². The SMILES string of the molecule is COc1ccc(C(=O)NN=Cc2ccc(OC(=O)c3ccccc3Cl)cc2)cc1. The summed E-state index contributed by atoms with van der Waals surface area (Å²) in [6.07, 6.45) is 1.49. The Hall–Kier alpha value is -3.64. The fourth-order valence-electron chi connectivity index (χ4n) is 2.38. The smallest absolute Gasteiger partial charge is 0.345 e. The topological polar surface area (TPSA) is 77.0 Å². The molecule has 3 aromatic carbocycles. The van der Waals surface area contributed by atoms with Crippen molar-refractivity contribution in [2.45, 2.75) is 0 Å². The van der Waals surface area contributed by atoms with Gasteiger partial charge in [-0.2, -0.15) is 5.10 Å². The largest absolute Gasteiger partial charge is 0.497 e. The van der Waals surface area contributed by atoms with Gasteiger partial charge in [-0.3, -0.25) is 4.79 Å². The van der Waals surface area contributed by atoms with Crippen molar-refractivity contribution in [1.82, 2.24) is 5.43 Å². The number of rotatable bonds is 6. The van der Waals surface area contributed by atoms with Gasteiger partial charge in [-0.25, -0.2) is 10.2 Å². The lowest BCUT2D eigenvalue weighted by molar-refractivity contribution is 0.0734. The van der Waals surface area contributed by atoms with Crippen LogP contribution in [-0.2, 0) is 0 Å². The van der Waals surface area contributed by atoms with Gasteiger partial charge < -0.3 is 9.47 Å². The van der Waals surface area contributed by atoms with Crippen LogP contribution in [-0.4, -0.2) is 25.2 Å². The second-order valence-electron chi connectivity index (χ2n) is 5.87. The van der Waals surface area contributed by atoms with Crippen LogP contribution in [0.1, 0.15) is 26.3 Å². The van der Waals surface area contributed by atoms with Crippen molar-refractivity contribution in [2.75, 3.05) is 7.11 Å². The molecule has 6 nitrogen and oxygen atoms in total. The Morgan fingerprint density at radius 2 is 1.59 bits per heavy atom. The predicted octanol–water partition coefficient (Wildman–Crippen LogP) is 4.33. The van der Waals surface area contributed by atoms with Gasteiger partial charge in [0.05, 0.1) is 23.9 Å². The van der Waals surface area contributed by atoms with E-state index in [1.54, 1.807) is 79.9 Å². The monoisotopic (exact) mass is 408 g/mol. The van der Waals surface area contributed by atoms with Crippen molar-refractivity contribution in [3.8, 4) is 11.5 Å². The molecule has 3 aromatic rings. The van der Waals surface area contributed by atoms with E-state index < -0.39 is 5.97 Å². The number of carbonyl (C=O) groups is 2. The first kappa shape index (κ1) is 20.1. The average Bonchev–Trinajstić information content (AvgIpc) is 2.75. The molecule has 0 saturated carbocycles.